The Morgan fingerprint density at radius 3 is 2.75 bits per heavy atom. The van der Waals surface area contributed by atoms with E-state index in [9.17, 15) is 4.79 Å². The fourth-order valence-electron chi connectivity index (χ4n) is 3.49. The Balaban J connectivity index is 1.65. The molecule has 1 amide bonds. The molecule has 2 aromatic rings. The van der Waals surface area contributed by atoms with Crippen molar-refractivity contribution in [1.82, 2.24) is 19.6 Å². The van der Waals surface area contributed by atoms with E-state index in [-0.39, 0.29) is 11.9 Å². The van der Waals surface area contributed by atoms with Gasteiger partial charge in [-0.15, -0.1) is 0 Å². The molecule has 0 bridgehead atoms. The van der Waals surface area contributed by atoms with Crippen molar-refractivity contribution in [1.29, 1.82) is 0 Å². The average Bonchev–Trinajstić information content (AvgIpc) is 2.93. The van der Waals surface area contributed by atoms with Crippen molar-refractivity contribution in [3.8, 4) is 0 Å². The minimum atomic E-state index is 0.0599. The summed E-state index contributed by atoms with van der Waals surface area (Å²) in [4.78, 5) is 17.1. The van der Waals surface area contributed by atoms with Crippen LogP contribution in [0.1, 0.15) is 34.6 Å². The molecule has 0 spiro atoms. The van der Waals surface area contributed by atoms with Crippen LogP contribution in [-0.2, 0) is 13.6 Å². The Hall–Kier alpha value is -2.14. The molecule has 0 radical (unpaired) electrons. The Labute approximate surface area is 143 Å². The summed E-state index contributed by atoms with van der Waals surface area (Å²) in [5.74, 6) is 0.0599. The molecule has 5 nitrogen and oxygen atoms in total. The molecule has 1 aromatic carbocycles. The number of rotatable bonds is 4. The average molecular weight is 326 g/mol. The van der Waals surface area contributed by atoms with Gasteiger partial charge in [-0.1, -0.05) is 30.3 Å². The van der Waals surface area contributed by atoms with Crippen LogP contribution in [0.4, 0.5) is 0 Å². The van der Waals surface area contributed by atoms with Crippen LogP contribution in [0.25, 0.3) is 0 Å². The summed E-state index contributed by atoms with van der Waals surface area (Å²) in [5, 5.41) is 4.29. The molecule has 3 rings (SSSR count). The van der Waals surface area contributed by atoms with Gasteiger partial charge in [-0.25, -0.2) is 0 Å². The molecule has 24 heavy (non-hydrogen) atoms. The predicted octanol–water partition coefficient (Wildman–Crippen LogP) is 2.47. The van der Waals surface area contributed by atoms with Crippen molar-refractivity contribution in [2.24, 2.45) is 7.05 Å². The lowest BCUT2D eigenvalue weighted by Gasteiger charge is -2.37. The fraction of sp³-hybridized carbons (Fsp3) is 0.474. The third-order valence-corrected chi connectivity index (χ3v) is 4.82. The molecule has 1 aliphatic rings. The smallest absolute Gasteiger partial charge is 0.272 e. The number of nitrogens with zero attached hydrogens (tertiary/aromatic N) is 4. The Kier molecular flexibility index (Phi) is 5.00. The molecule has 1 saturated heterocycles. The van der Waals surface area contributed by atoms with E-state index in [1.807, 2.05) is 38.1 Å². The number of piperidine rings is 1. The van der Waals surface area contributed by atoms with Gasteiger partial charge in [0.25, 0.3) is 5.91 Å². The Bertz CT molecular complexity index is 695. The number of aryl methyl sites for hydroxylation is 2. The maximum atomic E-state index is 12.8. The molecule has 5 heteroatoms. The van der Waals surface area contributed by atoms with Gasteiger partial charge in [0, 0.05) is 33.2 Å². The number of carbonyl (C=O) groups is 1. The number of hydrogen-bond acceptors (Lipinski definition) is 3. The molecule has 0 aliphatic carbocycles. The second-order valence-electron chi connectivity index (χ2n) is 6.73. The van der Waals surface area contributed by atoms with Crippen LogP contribution in [-0.4, -0.2) is 51.7 Å². The van der Waals surface area contributed by atoms with Crippen molar-refractivity contribution in [2.75, 3.05) is 20.1 Å². The topological polar surface area (TPSA) is 41.4 Å². The van der Waals surface area contributed by atoms with Gasteiger partial charge in [0.15, 0.2) is 0 Å². The third kappa shape index (κ3) is 3.67. The summed E-state index contributed by atoms with van der Waals surface area (Å²) < 4.78 is 1.68. The van der Waals surface area contributed by atoms with Crippen molar-refractivity contribution in [3.63, 3.8) is 0 Å². The van der Waals surface area contributed by atoms with Crippen molar-refractivity contribution < 1.29 is 4.79 Å². The molecule has 2 heterocycles. The van der Waals surface area contributed by atoms with E-state index in [0.717, 1.165) is 38.2 Å². The summed E-state index contributed by atoms with van der Waals surface area (Å²) in [7, 11) is 3.75. The van der Waals surface area contributed by atoms with Gasteiger partial charge >= 0.3 is 0 Å². The lowest BCUT2D eigenvalue weighted by Crippen LogP contribution is -2.48. The predicted molar refractivity (Wildman–Crippen MR) is 94.8 cm³/mol. The standard InChI is InChI=1S/C19H26N4O/c1-15-12-18(22(3)20-15)19(24)21(2)17-10-7-11-23(14-17)13-16-8-5-4-6-9-16/h4-6,8-9,12,17H,7,10-11,13-14H2,1-3H3. The minimum absolute atomic E-state index is 0.0599. The van der Waals surface area contributed by atoms with E-state index in [0.29, 0.717) is 5.69 Å². The molecule has 0 saturated carbocycles. The highest BCUT2D eigenvalue weighted by Gasteiger charge is 2.28. The van der Waals surface area contributed by atoms with Crippen LogP contribution >= 0.6 is 0 Å². The quantitative estimate of drug-likeness (QED) is 0.867. The first kappa shape index (κ1) is 16.7. The lowest BCUT2D eigenvalue weighted by atomic mass is 10.0. The lowest BCUT2D eigenvalue weighted by molar-refractivity contribution is 0.0599. The summed E-state index contributed by atoms with van der Waals surface area (Å²) >= 11 is 0. The maximum Gasteiger partial charge on any atom is 0.272 e. The fourth-order valence-corrected chi connectivity index (χ4v) is 3.49. The first-order valence-corrected chi connectivity index (χ1v) is 8.58. The number of carbonyl (C=O) groups excluding carboxylic acids is 1. The zero-order valence-corrected chi connectivity index (χ0v) is 14.8. The SMILES string of the molecule is Cc1cc(C(=O)N(C)C2CCCN(Cc3ccccc3)C2)n(C)n1. The summed E-state index contributed by atoms with van der Waals surface area (Å²) in [6.45, 7) is 4.88. The van der Waals surface area contributed by atoms with Crippen LogP contribution in [0.15, 0.2) is 36.4 Å². The minimum Gasteiger partial charge on any atom is -0.336 e. The highest BCUT2D eigenvalue weighted by molar-refractivity contribution is 5.92. The molecule has 1 fully saturated rings. The van der Waals surface area contributed by atoms with Gasteiger partial charge in [0.1, 0.15) is 5.69 Å². The van der Waals surface area contributed by atoms with Gasteiger partial charge in [0.2, 0.25) is 0 Å². The van der Waals surface area contributed by atoms with E-state index in [4.69, 9.17) is 0 Å². The van der Waals surface area contributed by atoms with E-state index in [2.05, 4.69) is 34.3 Å². The van der Waals surface area contributed by atoms with Gasteiger partial charge in [0.05, 0.1) is 5.69 Å². The van der Waals surface area contributed by atoms with Crippen LogP contribution < -0.4 is 0 Å². The Morgan fingerprint density at radius 2 is 2.08 bits per heavy atom. The zero-order valence-electron chi connectivity index (χ0n) is 14.8. The number of aromatic nitrogens is 2. The molecule has 1 atom stereocenters. The first-order chi connectivity index (χ1) is 11.5. The van der Waals surface area contributed by atoms with E-state index in [1.165, 1.54) is 5.56 Å². The number of likely N-dealkylation sites (tertiary alicyclic amines) is 1. The van der Waals surface area contributed by atoms with Gasteiger partial charge < -0.3 is 4.90 Å². The number of benzene rings is 1. The second kappa shape index (κ2) is 7.18. The third-order valence-electron chi connectivity index (χ3n) is 4.82. The second-order valence-corrected chi connectivity index (χ2v) is 6.73. The molecule has 0 N–H and O–H groups in total. The van der Waals surface area contributed by atoms with Crippen LogP contribution in [0, 0.1) is 6.92 Å². The van der Waals surface area contributed by atoms with Crippen LogP contribution in [0.5, 0.6) is 0 Å². The number of hydrogen-bond donors (Lipinski definition) is 0. The largest absolute Gasteiger partial charge is 0.336 e. The normalized spacial score (nSPS) is 18.5. The van der Waals surface area contributed by atoms with Crippen molar-refractivity contribution in [3.05, 3.63) is 53.3 Å². The molecule has 1 aliphatic heterocycles. The van der Waals surface area contributed by atoms with E-state index >= 15 is 0 Å². The molecular formula is C19H26N4O. The van der Waals surface area contributed by atoms with Gasteiger partial charge in [-0.2, -0.15) is 5.10 Å². The van der Waals surface area contributed by atoms with Gasteiger partial charge in [-0.05, 0) is 37.9 Å². The molecule has 1 unspecified atom stereocenters. The first-order valence-electron chi connectivity index (χ1n) is 8.58. The molecule has 128 valence electrons. The maximum absolute atomic E-state index is 12.8. The molecular weight excluding hydrogens is 300 g/mol. The highest BCUT2D eigenvalue weighted by atomic mass is 16.2. The highest BCUT2D eigenvalue weighted by Crippen LogP contribution is 2.19. The van der Waals surface area contributed by atoms with Gasteiger partial charge in [-0.3, -0.25) is 14.4 Å². The Morgan fingerprint density at radius 1 is 1.33 bits per heavy atom. The van der Waals surface area contributed by atoms with E-state index in [1.54, 1.807) is 4.68 Å². The summed E-state index contributed by atoms with van der Waals surface area (Å²) in [6, 6.07) is 12.7. The van der Waals surface area contributed by atoms with Crippen molar-refractivity contribution >= 4 is 5.91 Å². The summed E-state index contributed by atoms with van der Waals surface area (Å²) in [5.41, 5.74) is 2.87. The van der Waals surface area contributed by atoms with E-state index < -0.39 is 0 Å². The number of likely N-dealkylation sites (N-methyl/N-ethyl adjacent to an activating group) is 1. The summed E-state index contributed by atoms with van der Waals surface area (Å²) in [6.07, 6.45) is 2.18. The van der Waals surface area contributed by atoms with Crippen molar-refractivity contribution in [2.45, 2.75) is 32.4 Å². The molecule has 1 aromatic heterocycles. The zero-order chi connectivity index (χ0) is 17.1. The van der Waals surface area contributed by atoms with Crippen LogP contribution in [0.2, 0.25) is 0 Å². The number of amides is 1. The monoisotopic (exact) mass is 326 g/mol. The van der Waals surface area contributed by atoms with Crippen LogP contribution in [0.3, 0.4) is 0 Å².